The summed E-state index contributed by atoms with van der Waals surface area (Å²) in [4.78, 5) is 15.3. The van der Waals surface area contributed by atoms with Gasteiger partial charge in [0.2, 0.25) is 0 Å². The van der Waals surface area contributed by atoms with E-state index in [0.29, 0.717) is 0 Å². The highest BCUT2D eigenvalue weighted by Crippen LogP contribution is 2.33. The van der Waals surface area contributed by atoms with E-state index in [2.05, 4.69) is 6.08 Å². The van der Waals surface area contributed by atoms with Gasteiger partial charge in [-0.2, -0.15) is 5.06 Å². The molecule has 0 radical (unpaired) electrons. The van der Waals surface area contributed by atoms with E-state index in [-0.39, 0.29) is 12.0 Å². The second-order valence-corrected chi connectivity index (χ2v) is 5.10. The molecule has 0 amide bonds. The Morgan fingerprint density at radius 2 is 2.06 bits per heavy atom. The first-order chi connectivity index (χ1) is 8.42. The average molecular weight is 274 g/mol. The van der Waals surface area contributed by atoms with E-state index in [1.165, 1.54) is 0 Å². The summed E-state index contributed by atoms with van der Waals surface area (Å²) in [5.74, 6) is -0.0969. The van der Waals surface area contributed by atoms with Crippen molar-refractivity contribution in [1.82, 2.24) is 5.06 Å². The molecular weight excluding hydrogens is 250 g/mol. The van der Waals surface area contributed by atoms with Crippen LogP contribution in [0.15, 0.2) is 23.8 Å². The largest absolute Gasteiger partial charge is 0.302 e. The summed E-state index contributed by atoms with van der Waals surface area (Å²) in [5, 5.41) is 1.71. The van der Waals surface area contributed by atoms with E-state index in [1.807, 2.05) is 40.0 Å². The van der Waals surface area contributed by atoms with E-state index in [0.717, 1.165) is 11.9 Å². The fourth-order valence-corrected chi connectivity index (χ4v) is 2.05. The Kier molecular flexibility index (Phi) is 7.45. The lowest BCUT2D eigenvalue weighted by molar-refractivity contribution is -0.141. The number of allylic oxidation sites excluding steroid dienone is 2. The predicted octanol–water partition coefficient (Wildman–Crippen LogP) is 3.20. The lowest BCUT2D eigenvalue weighted by Gasteiger charge is -2.37. The molecule has 3 nitrogen and oxygen atoms in total. The van der Waals surface area contributed by atoms with Gasteiger partial charge in [0.25, 0.3) is 0 Å². The molecule has 1 aliphatic rings. The molecular formula is C14H24ClNO2. The number of nitrogens with zero attached hydrogens (tertiary/aromatic N) is 1. The van der Waals surface area contributed by atoms with Crippen LogP contribution in [0.3, 0.4) is 0 Å². The number of hydrogen-bond acceptors (Lipinski definition) is 3. The summed E-state index contributed by atoms with van der Waals surface area (Å²) in [7, 11) is 3.43. The van der Waals surface area contributed by atoms with E-state index in [1.54, 1.807) is 19.1 Å². The summed E-state index contributed by atoms with van der Waals surface area (Å²) in [5.41, 5.74) is 1.14. The fraction of sp³-hybridized carbons (Fsp3) is 0.643. The van der Waals surface area contributed by atoms with Gasteiger partial charge >= 0.3 is 0 Å². The van der Waals surface area contributed by atoms with E-state index in [9.17, 15) is 4.79 Å². The summed E-state index contributed by atoms with van der Waals surface area (Å²) in [6.07, 6.45) is 6.79. The Bertz CT molecular complexity index is 324. The molecule has 3 unspecified atom stereocenters. The van der Waals surface area contributed by atoms with Crippen LogP contribution < -0.4 is 0 Å². The van der Waals surface area contributed by atoms with Crippen molar-refractivity contribution in [3.8, 4) is 0 Å². The van der Waals surface area contributed by atoms with E-state index >= 15 is 0 Å². The Hall–Kier alpha value is -0.640. The lowest BCUT2D eigenvalue weighted by atomic mass is 9.83. The van der Waals surface area contributed by atoms with Crippen molar-refractivity contribution >= 4 is 17.9 Å². The molecule has 0 fully saturated rings. The van der Waals surface area contributed by atoms with Gasteiger partial charge in [-0.15, -0.1) is 11.6 Å². The van der Waals surface area contributed by atoms with Crippen molar-refractivity contribution in [2.75, 3.05) is 14.2 Å². The first-order valence-corrected chi connectivity index (χ1v) is 6.59. The van der Waals surface area contributed by atoms with Crippen molar-refractivity contribution in [2.24, 2.45) is 5.92 Å². The Balaban J connectivity index is 0.00000137. The van der Waals surface area contributed by atoms with Crippen LogP contribution in [0, 0.1) is 5.92 Å². The zero-order valence-electron chi connectivity index (χ0n) is 12.1. The molecule has 0 bridgehead atoms. The summed E-state index contributed by atoms with van der Waals surface area (Å²) >= 11 is 6.21. The highest BCUT2D eigenvalue weighted by molar-refractivity contribution is 6.31. The molecule has 3 atom stereocenters. The van der Waals surface area contributed by atoms with E-state index < -0.39 is 4.87 Å². The molecule has 0 aromatic heterocycles. The molecule has 0 N–H and O–H groups in total. The maximum Gasteiger partial charge on any atom is 0.141 e. The lowest BCUT2D eigenvalue weighted by Crippen LogP contribution is -2.45. The number of likely N-dealkylation sites (N-methyl/N-ethyl adjacent to an activating group) is 1. The molecule has 0 aromatic carbocycles. The SMILES string of the molecule is CC.CON(C)C1C=C(C)C=CC1C(C)(Cl)C=O. The zero-order chi connectivity index (χ0) is 14.3. The third kappa shape index (κ3) is 4.23. The molecule has 0 heterocycles. The predicted molar refractivity (Wildman–Crippen MR) is 76.6 cm³/mol. The average Bonchev–Trinajstić information content (AvgIpc) is 2.39. The second-order valence-electron chi connectivity index (χ2n) is 4.28. The number of hydroxylamine groups is 2. The van der Waals surface area contributed by atoms with Gasteiger partial charge in [-0.05, 0) is 13.8 Å². The van der Waals surface area contributed by atoms with Crippen molar-refractivity contribution in [3.63, 3.8) is 0 Å². The molecule has 0 saturated heterocycles. The van der Waals surface area contributed by atoms with Crippen molar-refractivity contribution in [2.45, 2.75) is 38.6 Å². The molecule has 0 spiro atoms. The fourth-order valence-electron chi connectivity index (χ4n) is 1.85. The Morgan fingerprint density at radius 1 is 1.50 bits per heavy atom. The highest BCUT2D eigenvalue weighted by Gasteiger charge is 2.38. The number of alkyl halides is 1. The van der Waals surface area contributed by atoms with Crippen molar-refractivity contribution in [3.05, 3.63) is 23.8 Å². The topological polar surface area (TPSA) is 29.5 Å². The van der Waals surface area contributed by atoms with Crippen LogP contribution in [0.25, 0.3) is 0 Å². The molecule has 0 aromatic rings. The molecule has 1 aliphatic carbocycles. The van der Waals surface area contributed by atoms with Crippen LogP contribution >= 0.6 is 11.6 Å². The zero-order valence-corrected chi connectivity index (χ0v) is 12.9. The number of aldehydes is 1. The summed E-state index contributed by atoms with van der Waals surface area (Å²) in [6.45, 7) is 7.73. The number of hydrogen-bond donors (Lipinski definition) is 0. The minimum atomic E-state index is -0.912. The van der Waals surface area contributed by atoms with Crippen LogP contribution in [0.4, 0.5) is 0 Å². The Morgan fingerprint density at radius 3 is 2.50 bits per heavy atom. The Labute approximate surface area is 115 Å². The summed E-state index contributed by atoms with van der Waals surface area (Å²) in [6, 6.07) is -0.0253. The van der Waals surface area contributed by atoms with Gasteiger partial charge in [0.05, 0.1) is 13.2 Å². The highest BCUT2D eigenvalue weighted by atomic mass is 35.5. The second kappa shape index (κ2) is 7.72. The van der Waals surface area contributed by atoms with Crippen LogP contribution in [-0.4, -0.2) is 36.4 Å². The van der Waals surface area contributed by atoms with Gasteiger partial charge < -0.3 is 9.63 Å². The van der Waals surface area contributed by atoms with Gasteiger partial charge in [-0.3, -0.25) is 0 Å². The summed E-state index contributed by atoms with van der Waals surface area (Å²) < 4.78 is 0. The standard InChI is InChI=1S/C12H18ClNO2.C2H6/c1-9-5-6-10(12(2,13)8-15)11(7-9)14(3)16-4;1-2/h5-8,10-11H,1-4H3;1-2H3. The van der Waals surface area contributed by atoms with Crippen molar-refractivity contribution in [1.29, 1.82) is 0 Å². The number of carbonyl (C=O) groups excluding carboxylic acids is 1. The molecule has 0 aliphatic heterocycles. The maximum absolute atomic E-state index is 11.0. The first kappa shape index (κ1) is 17.4. The quantitative estimate of drug-likeness (QED) is 0.448. The third-order valence-electron chi connectivity index (χ3n) is 2.96. The number of halogens is 1. The molecule has 4 heteroatoms. The van der Waals surface area contributed by atoms with Crippen LogP contribution in [-0.2, 0) is 9.63 Å². The minimum Gasteiger partial charge on any atom is -0.302 e. The van der Waals surface area contributed by atoms with Crippen LogP contribution in [0.5, 0.6) is 0 Å². The molecule has 1 rings (SSSR count). The maximum atomic E-state index is 11.0. The van der Waals surface area contributed by atoms with Crippen molar-refractivity contribution < 1.29 is 9.63 Å². The molecule has 18 heavy (non-hydrogen) atoms. The minimum absolute atomic E-state index is 0.0253. The third-order valence-corrected chi connectivity index (χ3v) is 3.30. The van der Waals surface area contributed by atoms with Crippen LogP contribution in [0.1, 0.15) is 27.7 Å². The molecule has 0 saturated carbocycles. The van der Waals surface area contributed by atoms with Gasteiger partial charge in [0.1, 0.15) is 11.2 Å². The smallest absolute Gasteiger partial charge is 0.141 e. The van der Waals surface area contributed by atoms with Crippen LogP contribution in [0.2, 0.25) is 0 Å². The molecule has 104 valence electrons. The monoisotopic (exact) mass is 273 g/mol. The van der Waals surface area contributed by atoms with E-state index in [4.69, 9.17) is 16.4 Å². The van der Waals surface area contributed by atoms with Gasteiger partial charge in [-0.25, -0.2) is 0 Å². The van der Waals surface area contributed by atoms with Gasteiger partial charge in [0.15, 0.2) is 0 Å². The van der Waals surface area contributed by atoms with Gasteiger partial charge in [-0.1, -0.05) is 37.6 Å². The first-order valence-electron chi connectivity index (χ1n) is 6.21. The normalized spacial score (nSPS) is 25.9. The number of rotatable bonds is 4. The van der Waals surface area contributed by atoms with Gasteiger partial charge in [0, 0.05) is 13.0 Å². The number of carbonyl (C=O) groups is 1.